The maximum absolute atomic E-state index is 3.83. The highest BCUT2D eigenvalue weighted by Crippen LogP contribution is 2.23. The quantitative estimate of drug-likeness (QED) is 0.382. The fraction of sp³-hybridized carbons (Fsp3) is 0.667. The zero-order valence-electron chi connectivity index (χ0n) is 3.80. The molecule has 0 saturated heterocycles. The van der Waals surface area contributed by atoms with Crippen LogP contribution in [0.15, 0.2) is 15.2 Å². The molecule has 0 N–H and O–H groups in total. The van der Waals surface area contributed by atoms with Gasteiger partial charge in [0.1, 0.15) is 6.34 Å². The summed E-state index contributed by atoms with van der Waals surface area (Å²) < 4.78 is -0.465. The van der Waals surface area contributed by atoms with E-state index in [0.717, 1.165) is 0 Å². The molecule has 1 rings (SSSR count). The Morgan fingerprint density at radius 2 is 2.43 bits per heavy atom. The van der Waals surface area contributed by atoms with Gasteiger partial charge < -0.3 is 0 Å². The van der Waals surface area contributed by atoms with Crippen LogP contribution >= 0.6 is 15.9 Å². The molecule has 0 aromatic heterocycles. The lowest BCUT2D eigenvalue weighted by atomic mass is 10.6. The molecular formula is C3H4BrN3. The van der Waals surface area contributed by atoms with E-state index in [0.29, 0.717) is 0 Å². The fourth-order valence-electron chi connectivity index (χ4n) is 0.288. The van der Waals surface area contributed by atoms with Gasteiger partial charge in [0.05, 0.1) is 0 Å². The molecule has 0 spiro atoms. The molecule has 0 aromatic rings. The van der Waals surface area contributed by atoms with E-state index >= 15 is 0 Å². The first kappa shape index (κ1) is 4.90. The second kappa shape index (κ2) is 1.36. The second-order valence-corrected chi connectivity index (χ2v) is 2.87. The number of rotatable bonds is 0. The molecule has 0 aromatic carbocycles. The van der Waals surface area contributed by atoms with Gasteiger partial charge in [0, 0.05) is 0 Å². The highest BCUT2D eigenvalue weighted by atomic mass is 79.9. The van der Waals surface area contributed by atoms with Gasteiger partial charge in [-0.3, -0.25) is 0 Å². The zero-order valence-corrected chi connectivity index (χ0v) is 5.38. The molecule has 0 amide bonds. The second-order valence-electron chi connectivity index (χ2n) is 1.37. The molecule has 1 heterocycles. The van der Waals surface area contributed by atoms with Crippen LogP contribution in [0.1, 0.15) is 6.92 Å². The maximum Gasteiger partial charge on any atom is 0.224 e. The first-order valence-corrected chi connectivity index (χ1v) is 2.65. The monoisotopic (exact) mass is 161 g/mol. The van der Waals surface area contributed by atoms with Crippen molar-refractivity contribution in [2.45, 2.75) is 11.5 Å². The summed E-state index contributed by atoms with van der Waals surface area (Å²) in [5.41, 5.74) is 0. The summed E-state index contributed by atoms with van der Waals surface area (Å²) >= 11 is 3.18. The third-order valence-electron chi connectivity index (χ3n) is 0.585. The topological polar surface area (TPSA) is 37.1 Å². The lowest BCUT2D eigenvalue weighted by Gasteiger charge is -2.00. The third-order valence-corrected chi connectivity index (χ3v) is 0.949. The van der Waals surface area contributed by atoms with Gasteiger partial charge in [-0.1, -0.05) is 0 Å². The molecule has 1 unspecified atom stereocenters. The van der Waals surface area contributed by atoms with Crippen molar-refractivity contribution in [1.29, 1.82) is 0 Å². The van der Waals surface area contributed by atoms with Gasteiger partial charge in [-0.15, -0.1) is 10.2 Å². The Kier molecular flexibility index (Phi) is 0.955. The zero-order chi connectivity index (χ0) is 5.33. The molecule has 0 fully saturated rings. The average molecular weight is 162 g/mol. The third kappa shape index (κ3) is 1.06. The van der Waals surface area contributed by atoms with Gasteiger partial charge >= 0.3 is 0 Å². The van der Waals surface area contributed by atoms with Crippen LogP contribution in [0.25, 0.3) is 0 Å². The number of aliphatic imine (C=N–C) groups is 1. The van der Waals surface area contributed by atoms with Crippen LogP contribution in [0.5, 0.6) is 0 Å². The molecule has 0 bridgehead atoms. The molecule has 7 heavy (non-hydrogen) atoms. The first-order valence-electron chi connectivity index (χ1n) is 1.85. The Bertz CT molecular complexity index is 112. The van der Waals surface area contributed by atoms with E-state index in [9.17, 15) is 0 Å². The predicted molar refractivity (Wildman–Crippen MR) is 30.7 cm³/mol. The lowest BCUT2D eigenvalue weighted by molar-refractivity contribution is 0.735. The van der Waals surface area contributed by atoms with Crippen molar-refractivity contribution in [3.05, 3.63) is 0 Å². The lowest BCUT2D eigenvalue weighted by Crippen LogP contribution is -2.01. The molecule has 3 nitrogen and oxygen atoms in total. The molecule has 0 aliphatic carbocycles. The fourth-order valence-corrected chi connectivity index (χ4v) is 0.471. The van der Waals surface area contributed by atoms with E-state index in [1.54, 1.807) is 0 Å². The highest BCUT2D eigenvalue weighted by Gasteiger charge is 2.17. The molecule has 0 saturated carbocycles. The summed E-state index contributed by atoms with van der Waals surface area (Å²) in [6.07, 6.45) is 1.43. The van der Waals surface area contributed by atoms with E-state index in [1.165, 1.54) is 6.34 Å². The molecule has 1 atom stereocenters. The van der Waals surface area contributed by atoms with E-state index in [2.05, 4.69) is 31.2 Å². The average Bonchev–Trinajstić information content (AvgIpc) is 1.84. The summed E-state index contributed by atoms with van der Waals surface area (Å²) in [6, 6.07) is 0. The Labute approximate surface area is 49.7 Å². The van der Waals surface area contributed by atoms with Crippen LogP contribution in [0, 0.1) is 0 Å². The number of alkyl halides is 1. The minimum Gasteiger partial charge on any atom is -0.229 e. The molecule has 1 aliphatic rings. The van der Waals surface area contributed by atoms with Crippen molar-refractivity contribution >= 4 is 22.3 Å². The SMILES string of the molecule is CC1(Br)N=CN=N1. The van der Waals surface area contributed by atoms with Crippen LogP contribution < -0.4 is 0 Å². The first-order chi connectivity index (χ1) is 3.21. The summed E-state index contributed by atoms with van der Waals surface area (Å²) in [5, 5.41) is 7.21. The normalized spacial score (nSPS) is 37.4. The maximum atomic E-state index is 3.83. The minimum atomic E-state index is -0.465. The highest BCUT2D eigenvalue weighted by molar-refractivity contribution is 9.10. The van der Waals surface area contributed by atoms with Crippen molar-refractivity contribution in [1.82, 2.24) is 0 Å². The predicted octanol–water partition coefficient (Wildman–Crippen LogP) is 1.55. The summed E-state index contributed by atoms with van der Waals surface area (Å²) in [7, 11) is 0. The van der Waals surface area contributed by atoms with Crippen molar-refractivity contribution in [2.24, 2.45) is 15.2 Å². The summed E-state index contributed by atoms with van der Waals surface area (Å²) in [4.78, 5) is 3.83. The molecular weight excluding hydrogens is 158 g/mol. The summed E-state index contributed by atoms with van der Waals surface area (Å²) in [5.74, 6) is 0. The van der Waals surface area contributed by atoms with Crippen molar-refractivity contribution in [2.75, 3.05) is 0 Å². The van der Waals surface area contributed by atoms with Crippen LogP contribution in [0.3, 0.4) is 0 Å². The standard InChI is InChI=1S/C3H4BrN3/c1-3(4)5-2-6-7-3/h2H,1H3. The van der Waals surface area contributed by atoms with Gasteiger partial charge in [-0.25, -0.2) is 4.99 Å². The van der Waals surface area contributed by atoms with Crippen molar-refractivity contribution < 1.29 is 0 Å². The minimum absolute atomic E-state index is 0.465. The van der Waals surface area contributed by atoms with E-state index < -0.39 is 4.57 Å². The number of nitrogens with zero attached hydrogens (tertiary/aromatic N) is 3. The van der Waals surface area contributed by atoms with Gasteiger partial charge in [-0.05, 0) is 22.9 Å². The molecule has 1 aliphatic heterocycles. The van der Waals surface area contributed by atoms with Gasteiger partial charge in [0.2, 0.25) is 4.57 Å². The largest absolute Gasteiger partial charge is 0.229 e. The summed E-state index contributed by atoms with van der Waals surface area (Å²) in [6.45, 7) is 1.82. The Morgan fingerprint density at radius 1 is 1.71 bits per heavy atom. The van der Waals surface area contributed by atoms with Crippen LogP contribution in [0.4, 0.5) is 0 Å². The number of azo groups is 1. The molecule has 38 valence electrons. The smallest absolute Gasteiger partial charge is 0.224 e. The van der Waals surface area contributed by atoms with Crippen molar-refractivity contribution in [3.63, 3.8) is 0 Å². The molecule has 0 radical (unpaired) electrons. The Morgan fingerprint density at radius 3 is 2.57 bits per heavy atom. The van der Waals surface area contributed by atoms with Crippen LogP contribution in [-0.4, -0.2) is 10.9 Å². The van der Waals surface area contributed by atoms with E-state index in [-0.39, 0.29) is 0 Å². The van der Waals surface area contributed by atoms with E-state index in [1.807, 2.05) is 6.92 Å². The van der Waals surface area contributed by atoms with Crippen molar-refractivity contribution in [3.8, 4) is 0 Å². The number of hydrogen-bond donors (Lipinski definition) is 0. The number of halogens is 1. The van der Waals surface area contributed by atoms with E-state index in [4.69, 9.17) is 0 Å². The molecule has 4 heteroatoms. The van der Waals surface area contributed by atoms with Crippen LogP contribution in [0.2, 0.25) is 0 Å². The number of hydrogen-bond acceptors (Lipinski definition) is 3. The Balaban J connectivity index is 2.77. The van der Waals surface area contributed by atoms with Crippen LogP contribution in [-0.2, 0) is 0 Å². The Hall–Kier alpha value is -0.250. The van der Waals surface area contributed by atoms with Gasteiger partial charge in [0.25, 0.3) is 0 Å². The van der Waals surface area contributed by atoms with Gasteiger partial charge in [0.15, 0.2) is 0 Å². The van der Waals surface area contributed by atoms with Gasteiger partial charge in [-0.2, -0.15) is 0 Å².